The highest BCUT2D eigenvalue weighted by atomic mass is 32.2. The third kappa shape index (κ3) is 5.02. The van der Waals surface area contributed by atoms with Gasteiger partial charge in [-0.15, -0.1) is 11.8 Å². The maximum atomic E-state index is 12.6. The van der Waals surface area contributed by atoms with E-state index in [4.69, 9.17) is 0 Å². The smallest absolute Gasteiger partial charge is 0.353 e. The van der Waals surface area contributed by atoms with Gasteiger partial charge >= 0.3 is 5.97 Å². The van der Waals surface area contributed by atoms with Crippen molar-refractivity contribution < 1.29 is 24.6 Å². The SMILES string of the molecule is CCCNC(=O)C1=CCC(CN2CC(SC3=C(C(=O)O)N4C(=O)C(C(C)O)C4C3C)CC2CC)C=C1. The number of aliphatic carboxylic acids is 1. The molecule has 0 radical (unpaired) electrons. The number of likely N-dealkylation sites (tertiary alicyclic amines) is 1. The zero-order valence-corrected chi connectivity index (χ0v) is 22.5. The lowest BCUT2D eigenvalue weighted by Gasteiger charge is -2.46. The van der Waals surface area contributed by atoms with Gasteiger partial charge in [0.05, 0.1) is 18.1 Å². The summed E-state index contributed by atoms with van der Waals surface area (Å²) in [6.07, 6.45) is 9.06. The van der Waals surface area contributed by atoms with Crippen molar-refractivity contribution in [3.05, 3.63) is 34.4 Å². The van der Waals surface area contributed by atoms with Gasteiger partial charge in [-0.05, 0) is 38.5 Å². The molecule has 1 aliphatic carbocycles. The van der Waals surface area contributed by atoms with Crippen molar-refractivity contribution in [2.24, 2.45) is 17.8 Å². The normalized spacial score (nSPS) is 32.9. The van der Waals surface area contributed by atoms with Crippen LogP contribution in [-0.4, -0.2) is 80.9 Å². The van der Waals surface area contributed by atoms with Crippen molar-refractivity contribution in [1.29, 1.82) is 0 Å². The second kappa shape index (κ2) is 11.1. The highest BCUT2D eigenvalue weighted by Crippen LogP contribution is 2.52. The maximum Gasteiger partial charge on any atom is 0.353 e. The molecule has 9 heteroatoms. The number of amides is 2. The largest absolute Gasteiger partial charge is 0.477 e. The number of hydrogen-bond acceptors (Lipinski definition) is 6. The summed E-state index contributed by atoms with van der Waals surface area (Å²) in [6, 6.07) is 0.150. The fraction of sp³-hybridized carbons (Fsp3) is 0.667. The minimum atomic E-state index is -1.07. The number of β-lactam (4-membered cyclic amide) rings is 1. The first kappa shape index (κ1) is 26.9. The predicted molar refractivity (Wildman–Crippen MR) is 140 cm³/mol. The van der Waals surface area contributed by atoms with Crippen LogP contribution in [0.2, 0.25) is 0 Å². The van der Waals surface area contributed by atoms with Gasteiger partial charge in [0, 0.05) is 47.3 Å². The Kier molecular flexibility index (Phi) is 8.32. The lowest BCUT2D eigenvalue weighted by Crippen LogP contribution is -2.63. The molecule has 0 aromatic heterocycles. The van der Waals surface area contributed by atoms with Crippen molar-refractivity contribution >= 4 is 29.5 Å². The fourth-order valence-corrected chi connectivity index (χ4v) is 7.73. The molecule has 3 N–H and O–H groups in total. The van der Waals surface area contributed by atoms with E-state index in [9.17, 15) is 24.6 Å². The number of fused-ring (bicyclic) bond motifs is 1. The summed E-state index contributed by atoms with van der Waals surface area (Å²) in [5, 5.41) is 23.2. The number of allylic oxidation sites excluding steroid dienone is 1. The lowest BCUT2D eigenvalue weighted by atomic mass is 9.79. The van der Waals surface area contributed by atoms with Crippen LogP contribution in [0, 0.1) is 17.8 Å². The van der Waals surface area contributed by atoms with Crippen LogP contribution < -0.4 is 5.32 Å². The number of carbonyl (C=O) groups is 3. The van der Waals surface area contributed by atoms with Crippen LogP contribution in [0.25, 0.3) is 0 Å². The minimum Gasteiger partial charge on any atom is -0.477 e. The molecule has 0 saturated carbocycles. The van der Waals surface area contributed by atoms with Gasteiger partial charge in [-0.2, -0.15) is 0 Å². The number of carbonyl (C=O) groups excluding carboxylic acids is 2. The molecule has 0 aromatic rings. The van der Waals surface area contributed by atoms with Gasteiger partial charge in [-0.25, -0.2) is 4.79 Å². The molecule has 0 bridgehead atoms. The van der Waals surface area contributed by atoms with Crippen LogP contribution in [0.1, 0.15) is 53.4 Å². The van der Waals surface area contributed by atoms with E-state index in [0.717, 1.165) is 49.3 Å². The van der Waals surface area contributed by atoms with E-state index >= 15 is 0 Å². The average molecular weight is 518 g/mol. The van der Waals surface area contributed by atoms with Gasteiger partial charge in [0.2, 0.25) is 5.91 Å². The molecule has 3 aliphatic heterocycles. The zero-order chi connectivity index (χ0) is 26.1. The van der Waals surface area contributed by atoms with Gasteiger partial charge < -0.3 is 20.4 Å². The second-order valence-electron chi connectivity index (χ2n) is 10.5. The van der Waals surface area contributed by atoms with Crippen LogP contribution in [0.3, 0.4) is 0 Å². The average Bonchev–Trinajstić information content (AvgIpc) is 3.33. The van der Waals surface area contributed by atoms with Crippen LogP contribution in [-0.2, 0) is 14.4 Å². The van der Waals surface area contributed by atoms with Crippen molar-refractivity contribution in [2.45, 2.75) is 76.8 Å². The van der Waals surface area contributed by atoms with Gasteiger partial charge in [0.15, 0.2) is 0 Å². The Bertz CT molecular complexity index is 990. The monoisotopic (exact) mass is 517 g/mol. The number of carboxylic acid groups (broad SMARTS) is 1. The minimum absolute atomic E-state index is 0.00941. The van der Waals surface area contributed by atoms with E-state index in [0.29, 0.717) is 18.5 Å². The molecule has 3 heterocycles. The van der Waals surface area contributed by atoms with Gasteiger partial charge in [0.1, 0.15) is 5.70 Å². The standard InChI is InChI=1S/C27H39N3O5S/c1-5-11-28-25(32)18-9-7-17(8-10-18)13-29-14-20(12-19(29)6-2)36-24-15(3)22-21(16(4)31)26(33)30(22)23(24)27(34)35/h7,9-10,15-17,19-22,31H,5-6,8,11-14H2,1-4H3,(H,28,32)(H,34,35). The van der Waals surface area contributed by atoms with Crippen LogP contribution in [0.4, 0.5) is 0 Å². The number of hydrogen-bond donors (Lipinski definition) is 3. The van der Waals surface area contributed by atoms with E-state index in [1.807, 2.05) is 26.0 Å². The van der Waals surface area contributed by atoms with Gasteiger partial charge in [-0.3, -0.25) is 14.5 Å². The Balaban J connectivity index is 1.40. The van der Waals surface area contributed by atoms with E-state index in [2.05, 4.69) is 23.2 Å². The first-order valence-corrected chi connectivity index (χ1v) is 14.1. The number of carboxylic acids is 1. The molecule has 2 saturated heterocycles. The first-order chi connectivity index (χ1) is 17.2. The quantitative estimate of drug-likeness (QED) is 0.382. The highest BCUT2D eigenvalue weighted by Gasteiger charge is 2.60. The molecule has 198 valence electrons. The van der Waals surface area contributed by atoms with E-state index in [1.165, 1.54) is 4.90 Å². The molecule has 7 atom stereocenters. The van der Waals surface area contributed by atoms with Crippen LogP contribution >= 0.6 is 11.8 Å². The summed E-state index contributed by atoms with van der Waals surface area (Å²) in [5.74, 6) is -1.65. The zero-order valence-electron chi connectivity index (χ0n) is 21.6. The summed E-state index contributed by atoms with van der Waals surface area (Å²) in [4.78, 5) is 41.7. The fourth-order valence-electron chi connectivity index (χ4n) is 6.14. The molecule has 4 aliphatic rings. The predicted octanol–water partition coefficient (Wildman–Crippen LogP) is 2.75. The Morgan fingerprint density at radius 3 is 2.64 bits per heavy atom. The third-order valence-corrected chi connectivity index (χ3v) is 9.51. The number of thioether (sulfide) groups is 1. The molecular formula is C27H39N3O5S. The van der Waals surface area contributed by atoms with Crippen molar-refractivity contribution in [3.63, 3.8) is 0 Å². The molecule has 2 fully saturated rings. The van der Waals surface area contributed by atoms with Gasteiger partial charge in [0.25, 0.3) is 5.91 Å². The Morgan fingerprint density at radius 1 is 1.31 bits per heavy atom. The number of nitrogens with one attached hydrogen (secondary N) is 1. The number of nitrogens with zero attached hydrogens (tertiary/aromatic N) is 2. The van der Waals surface area contributed by atoms with Crippen LogP contribution in [0.5, 0.6) is 0 Å². The Hall–Kier alpha value is -2.10. The molecule has 7 unspecified atom stereocenters. The molecule has 0 spiro atoms. The molecular weight excluding hydrogens is 478 g/mol. The van der Waals surface area contributed by atoms with E-state index in [-0.39, 0.29) is 34.7 Å². The first-order valence-electron chi connectivity index (χ1n) is 13.2. The third-order valence-electron chi connectivity index (χ3n) is 8.02. The maximum absolute atomic E-state index is 12.6. The topological polar surface area (TPSA) is 110 Å². The molecule has 4 rings (SSSR count). The van der Waals surface area contributed by atoms with Crippen LogP contribution in [0.15, 0.2) is 34.4 Å². The lowest BCUT2D eigenvalue weighted by molar-refractivity contribution is -0.163. The summed E-state index contributed by atoms with van der Waals surface area (Å²) in [5.41, 5.74) is 0.847. The van der Waals surface area contributed by atoms with Crippen molar-refractivity contribution in [3.8, 4) is 0 Å². The highest BCUT2D eigenvalue weighted by molar-refractivity contribution is 8.03. The summed E-state index contributed by atoms with van der Waals surface area (Å²) in [6.45, 7) is 10.3. The van der Waals surface area contributed by atoms with Crippen molar-refractivity contribution in [2.75, 3.05) is 19.6 Å². The second-order valence-corrected chi connectivity index (χ2v) is 11.9. The molecule has 2 amide bonds. The van der Waals surface area contributed by atoms with E-state index < -0.39 is 18.0 Å². The number of rotatable bonds is 10. The summed E-state index contributed by atoms with van der Waals surface area (Å²) in [7, 11) is 0. The Labute approximate surface area is 217 Å². The number of aliphatic hydroxyl groups is 1. The molecule has 36 heavy (non-hydrogen) atoms. The van der Waals surface area contributed by atoms with Gasteiger partial charge in [-0.1, -0.05) is 39.0 Å². The summed E-state index contributed by atoms with van der Waals surface area (Å²) < 4.78 is 0. The summed E-state index contributed by atoms with van der Waals surface area (Å²) >= 11 is 1.62. The van der Waals surface area contributed by atoms with E-state index in [1.54, 1.807) is 18.7 Å². The molecule has 8 nitrogen and oxygen atoms in total. The number of aliphatic hydroxyl groups excluding tert-OH is 1. The Morgan fingerprint density at radius 2 is 2.06 bits per heavy atom. The van der Waals surface area contributed by atoms with Crippen molar-refractivity contribution in [1.82, 2.24) is 15.1 Å². The molecule has 0 aromatic carbocycles.